The molecule has 3 rings (SSSR count). The van der Waals surface area contributed by atoms with Gasteiger partial charge in [-0.3, -0.25) is 9.69 Å². The maximum absolute atomic E-state index is 12.8. The number of carbonyl (C=O) groups is 1. The monoisotopic (exact) mass is 441 g/mol. The van der Waals surface area contributed by atoms with Crippen LogP contribution in [0.5, 0.6) is 0 Å². The van der Waals surface area contributed by atoms with Crippen LogP contribution in [0.1, 0.15) is 6.92 Å². The van der Waals surface area contributed by atoms with E-state index >= 15 is 0 Å². The van der Waals surface area contributed by atoms with Gasteiger partial charge in [-0.25, -0.2) is 8.42 Å². The van der Waals surface area contributed by atoms with Gasteiger partial charge in [-0.15, -0.1) is 0 Å². The molecule has 1 amide bonds. The van der Waals surface area contributed by atoms with Gasteiger partial charge in [-0.05, 0) is 49.4 Å². The van der Waals surface area contributed by atoms with Gasteiger partial charge < -0.3 is 5.32 Å². The summed E-state index contributed by atoms with van der Waals surface area (Å²) in [6.07, 6.45) is 0. The molecular formula is C19H21Cl2N3O3S. The van der Waals surface area contributed by atoms with E-state index in [-0.39, 0.29) is 16.8 Å². The number of anilines is 1. The Morgan fingerprint density at radius 2 is 1.64 bits per heavy atom. The second kappa shape index (κ2) is 8.80. The topological polar surface area (TPSA) is 69.7 Å². The smallest absolute Gasteiger partial charge is 0.243 e. The molecule has 28 heavy (non-hydrogen) atoms. The SMILES string of the molecule is C[C@@H](C(=O)Nc1ccc(Cl)cc1)N1CCN(S(=O)(=O)c2cccc(Cl)c2)CC1. The van der Waals surface area contributed by atoms with Crippen molar-refractivity contribution < 1.29 is 13.2 Å². The number of piperazine rings is 1. The molecule has 1 saturated heterocycles. The second-order valence-electron chi connectivity index (χ2n) is 6.57. The number of benzene rings is 2. The summed E-state index contributed by atoms with van der Waals surface area (Å²) in [5.74, 6) is -0.145. The molecule has 0 saturated carbocycles. The first-order valence-corrected chi connectivity index (χ1v) is 11.0. The van der Waals surface area contributed by atoms with Crippen LogP contribution in [-0.4, -0.2) is 55.8 Å². The zero-order chi connectivity index (χ0) is 20.3. The van der Waals surface area contributed by atoms with Crippen molar-refractivity contribution in [1.29, 1.82) is 0 Å². The van der Waals surface area contributed by atoms with Crippen LogP contribution < -0.4 is 5.32 Å². The van der Waals surface area contributed by atoms with E-state index in [0.29, 0.717) is 41.9 Å². The Morgan fingerprint density at radius 1 is 1.00 bits per heavy atom. The zero-order valence-corrected chi connectivity index (χ0v) is 17.6. The molecule has 1 atom stereocenters. The number of halogens is 2. The highest BCUT2D eigenvalue weighted by molar-refractivity contribution is 7.89. The van der Waals surface area contributed by atoms with E-state index in [9.17, 15) is 13.2 Å². The average Bonchev–Trinajstić information content (AvgIpc) is 2.69. The van der Waals surface area contributed by atoms with E-state index in [1.54, 1.807) is 36.4 Å². The fourth-order valence-corrected chi connectivity index (χ4v) is 4.90. The second-order valence-corrected chi connectivity index (χ2v) is 9.38. The Bertz CT molecular complexity index is 943. The molecule has 0 radical (unpaired) electrons. The normalized spacial score (nSPS) is 17.2. The highest BCUT2D eigenvalue weighted by Crippen LogP contribution is 2.21. The summed E-state index contributed by atoms with van der Waals surface area (Å²) in [4.78, 5) is 14.7. The average molecular weight is 442 g/mol. The molecule has 1 heterocycles. The predicted octanol–water partition coefficient (Wildman–Crippen LogP) is 3.33. The van der Waals surface area contributed by atoms with E-state index in [4.69, 9.17) is 23.2 Å². The number of hydrogen-bond donors (Lipinski definition) is 1. The van der Waals surface area contributed by atoms with Gasteiger partial charge in [0.05, 0.1) is 10.9 Å². The molecule has 1 aliphatic heterocycles. The van der Waals surface area contributed by atoms with Gasteiger partial charge in [-0.2, -0.15) is 4.31 Å². The largest absolute Gasteiger partial charge is 0.325 e. The Kier molecular flexibility index (Phi) is 6.62. The van der Waals surface area contributed by atoms with Crippen molar-refractivity contribution in [3.05, 3.63) is 58.6 Å². The van der Waals surface area contributed by atoms with Gasteiger partial charge in [0, 0.05) is 41.9 Å². The van der Waals surface area contributed by atoms with Crippen LogP contribution in [0, 0.1) is 0 Å². The van der Waals surface area contributed by atoms with Crippen LogP contribution in [0.3, 0.4) is 0 Å². The zero-order valence-electron chi connectivity index (χ0n) is 15.3. The van der Waals surface area contributed by atoms with Crippen LogP contribution in [0.15, 0.2) is 53.4 Å². The molecule has 0 spiro atoms. The lowest BCUT2D eigenvalue weighted by atomic mass is 10.2. The molecule has 1 aliphatic rings. The fourth-order valence-electron chi connectivity index (χ4n) is 3.05. The molecule has 0 aromatic heterocycles. The maximum Gasteiger partial charge on any atom is 0.243 e. The van der Waals surface area contributed by atoms with Gasteiger partial charge in [0.2, 0.25) is 15.9 Å². The van der Waals surface area contributed by atoms with Gasteiger partial charge in [0.15, 0.2) is 0 Å². The number of hydrogen-bond acceptors (Lipinski definition) is 4. The number of amides is 1. The summed E-state index contributed by atoms with van der Waals surface area (Å²) in [5.41, 5.74) is 0.670. The van der Waals surface area contributed by atoms with Crippen LogP contribution in [0.2, 0.25) is 10.0 Å². The summed E-state index contributed by atoms with van der Waals surface area (Å²) >= 11 is 11.8. The molecule has 9 heteroatoms. The van der Waals surface area contributed by atoms with E-state index < -0.39 is 10.0 Å². The summed E-state index contributed by atoms with van der Waals surface area (Å²) in [5, 5.41) is 3.84. The first-order valence-electron chi connectivity index (χ1n) is 8.83. The van der Waals surface area contributed by atoms with Crippen molar-refractivity contribution in [3.63, 3.8) is 0 Å². The highest BCUT2D eigenvalue weighted by Gasteiger charge is 2.31. The van der Waals surface area contributed by atoms with Gasteiger partial charge in [-0.1, -0.05) is 29.3 Å². The third-order valence-electron chi connectivity index (χ3n) is 4.75. The highest BCUT2D eigenvalue weighted by atomic mass is 35.5. The third kappa shape index (κ3) is 4.85. The lowest BCUT2D eigenvalue weighted by molar-refractivity contribution is -0.121. The Labute approximate surface area is 175 Å². The lowest BCUT2D eigenvalue weighted by Crippen LogP contribution is -2.53. The van der Waals surface area contributed by atoms with E-state index in [1.807, 2.05) is 11.8 Å². The first kappa shape index (κ1) is 21.1. The summed E-state index contributed by atoms with van der Waals surface area (Å²) in [7, 11) is -3.60. The van der Waals surface area contributed by atoms with E-state index in [0.717, 1.165) is 0 Å². The number of nitrogens with zero attached hydrogens (tertiary/aromatic N) is 2. The molecule has 0 aliphatic carbocycles. The molecular weight excluding hydrogens is 421 g/mol. The Hall–Kier alpha value is -1.64. The Morgan fingerprint density at radius 3 is 2.25 bits per heavy atom. The van der Waals surface area contributed by atoms with E-state index in [1.165, 1.54) is 16.4 Å². The number of carbonyl (C=O) groups excluding carboxylic acids is 1. The van der Waals surface area contributed by atoms with Crippen LogP contribution >= 0.6 is 23.2 Å². The first-order chi connectivity index (χ1) is 13.3. The molecule has 0 bridgehead atoms. The van der Waals surface area contributed by atoms with Crippen LogP contribution in [0.25, 0.3) is 0 Å². The van der Waals surface area contributed by atoms with Crippen molar-refractivity contribution in [2.24, 2.45) is 0 Å². The third-order valence-corrected chi connectivity index (χ3v) is 7.13. The van der Waals surface area contributed by atoms with Crippen molar-refractivity contribution in [2.75, 3.05) is 31.5 Å². The van der Waals surface area contributed by atoms with Crippen molar-refractivity contribution in [3.8, 4) is 0 Å². The summed E-state index contributed by atoms with van der Waals surface area (Å²) in [6, 6.07) is 12.8. The molecule has 2 aromatic carbocycles. The van der Waals surface area contributed by atoms with Crippen LogP contribution in [0.4, 0.5) is 5.69 Å². The molecule has 1 fully saturated rings. The minimum absolute atomic E-state index is 0.145. The van der Waals surface area contributed by atoms with Gasteiger partial charge >= 0.3 is 0 Å². The fraction of sp³-hybridized carbons (Fsp3) is 0.316. The number of sulfonamides is 1. The summed E-state index contributed by atoms with van der Waals surface area (Å²) < 4.78 is 27.0. The minimum Gasteiger partial charge on any atom is -0.325 e. The molecule has 6 nitrogen and oxygen atoms in total. The van der Waals surface area contributed by atoms with Crippen LogP contribution in [-0.2, 0) is 14.8 Å². The van der Waals surface area contributed by atoms with Crippen molar-refractivity contribution in [1.82, 2.24) is 9.21 Å². The van der Waals surface area contributed by atoms with E-state index in [2.05, 4.69) is 5.32 Å². The predicted molar refractivity (Wildman–Crippen MR) is 111 cm³/mol. The van der Waals surface area contributed by atoms with Gasteiger partial charge in [0.25, 0.3) is 0 Å². The van der Waals surface area contributed by atoms with Crippen molar-refractivity contribution in [2.45, 2.75) is 17.9 Å². The standard InChI is InChI=1S/C19H21Cl2N3O3S/c1-14(19(25)22-17-7-5-15(20)6-8-17)23-9-11-24(12-10-23)28(26,27)18-4-2-3-16(21)13-18/h2-8,13-14H,9-12H2,1H3,(H,22,25)/t14-/m0/s1. The number of nitrogens with one attached hydrogen (secondary N) is 1. The molecule has 2 aromatic rings. The quantitative estimate of drug-likeness (QED) is 0.772. The molecule has 1 N–H and O–H groups in total. The van der Waals surface area contributed by atoms with Crippen molar-refractivity contribution >= 4 is 44.8 Å². The summed E-state index contributed by atoms with van der Waals surface area (Å²) in [6.45, 7) is 3.37. The Balaban J connectivity index is 1.59. The molecule has 0 unspecified atom stereocenters. The maximum atomic E-state index is 12.8. The molecule has 150 valence electrons. The minimum atomic E-state index is -3.60. The van der Waals surface area contributed by atoms with Gasteiger partial charge in [0.1, 0.15) is 0 Å². The number of rotatable bonds is 5. The lowest BCUT2D eigenvalue weighted by Gasteiger charge is -2.36.